The lowest BCUT2D eigenvalue weighted by atomic mass is 10.3. The van der Waals surface area contributed by atoms with Crippen molar-refractivity contribution in [3.05, 3.63) is 59.1 Å². The number of hydrogen-bond donors (Lipinski definition) is 1. The van der Waals surface area contributed by atoms with E-state index in [1.54, 1.807) is 12.1 Å². The lowest BCUT2D eigenvalue weighted by molar-refractivity contribution is -0.137. The van der Waals surface area contributed by atoms with Crippen LogP contribution in [0.1, 0.15) is 6.92 Å². The fourth-order valence-electron chi connectivity index (χ4n) is 2.33. The minimum Gasteiger partial charge on any atom is -0.493 e. The van der Waals surface area contributed by atoms with Gasteiger partial charge in [0.05, 0.1) is 20.8 Å². The molecular formula is C19H19F2NO6S. The van der Waals surface area contributed by atoms with Crippen molar-refractivity contribution in [2.75, 3.05) is 26.1 Å². The molecule has 10 heteroatoms. The Morgan fingerprint density at radius 1 is 1.07 bits per heavy atom. The smallest absolute Gasteiger partial charge is 0.351 e. The number of nitrogens with one attached hydrogen (secondary N) is 1. The van der Waals surface area contributed by atoms with Crippen LogP contribution in [0.2, 0.25) is 0 Å². The minimum absolute atomic E-state index is 0.103. The van der Waals surface area contributed by atoms with E-state index in [0.717, 1.165) is 18.3 Å². The molecule has 0 atom stereocenters. The third kappa shape index (κ3) is 5.02. The van der Waals surface area contributed by atoms with E-state index in [1.165, 1.54) is 27.2 Å². The van der Waals surface area contributed by atoms with Gasteiger partial charge in [-0.1, -0.05) is 0 Å². The first kappa shape index (κ1) is 22.2. The van der Waals surface area contributed by atoms with E-state index in [1.807, 2.05) is 0 Å². The van der Waals surface area contributed by atoms with Gasteiger partial charge in [0.25, 0.3) is 0 Å². The first-order valence-electron chi connectivity index (χ1n) is 8.30. The van der Waals surface area contributed by atoms with Crippen molar-refractivity contribution in [2.45, 2.75) is 11.8 Å². The van der Waals surface area contributed by atoms with E-state index in [-0.39, 0.29) is 6.61 Å². The SMILES string of the molecule is CCOC(=O)/C(=C\Nc1ccc(OC)c(OC)c1)S(=O)(=O)c1ccc(F)cc1F. The van der Waals surface area contributed by atoms with Gasteiger partial charge in [-0.25, -0.2) is 22.0 Å². The maximum Gasteiger partial charge on any atom is 0.351 e. The lowest BCUT2D eigenvalue weighted by Gasteiger charge is -2.12. The van der Waals surface area contributed by atoms with Gasteiger partial charge >= 0.3 is 5.97 Å². The van der Waals surface area contributed by atoms with E-state index in [2.05, 4.69) is 5.32 Å². The monoisotopic (exact) mass is 427 g/mol. The number of hydrogen-bond acceptors (Lipinski definition) is 7. The topological polar surface area (TPSA) is 90.9 Å². The average Bonchev–Trinajstić information content (AvgIpc) is 2.67. The Morgan fingerprint density at radius 3 is 2.34 bits per heavy atom. The van der Waals surface area contributed by atoms with Crippen LogP contribution in [0.5, 0.6) is 11.5 Å². The number of rotatable bonds is 8. The molecule has 156 valence electrons. The zero-order chi connectivity index (χ0) is 21.6. The number of halogens is 2. The largest absolute Gasteiger partial charge is 0.493 e. The zero-order valence-corrected chi connectivity index (χ0v) is 16.7. The highest BCUT2D eigenvalue weighted by atomic mass is 32.2. The predicted molar refractivity (Wildman–Crippen MR) is 101 cm³/mol. The molecule has 2 rings (SSSR count). The van der Waals surface area contributed by atoms with Gasteiger partial charge in [-0.3, -0.25) is 0 Å². The number of sulfone groups is 1. The Kier molecular flexibility index (Phi) is 7.16. The third-order valence-corrected chi connectivity index (χ3v) is 5.48. The molecule has 0 amide bonds. The van der Waals surface area contributed by atoms with Crippen molar-refractivity contribution in [1.82, 2.24) is 0 Å². The normalized spacial score (nSPS) is 11.7. The van der Waals surface area contributed by atoms with Gasteiger partial charge in [0.1, 0.15) is 16.5 Å². The van der Waals surface area contributed by atoms with E-state index >= 15 is 0 Å². The number of methoxy groups -OCH3 is 2. The second kappa shape index (κ2) is 9.37. The summed E-state index contributed by atoms with van der Waals surface area (Å²) in [5, 5.41) is 2.64. The highest BCUT2D eigenvalue weighted by Gasteiger charge is 2.31. The fraction of sp³-hybridized carbons (Fsp3) is 0.211. The van der Waals surface area contributed by atoms with Gasteiger partial charge in [-0.2, -0.15) is 0 Å². The molecule has 0 fully saturated rings. The van der Waals surface area contributed by atoms with Gasteiger partial charge in [0, 0.05) is 24.0 Å². The molecule has 0 unspecified atom stereocenters. The molecule has 29 heavy (non-hydrogen) atoms. The standard InChI is InChI=1S/C19H19F2NO6S/c1-4-28-19(23)18(29(24,25)17-8-5-12(20)9-14(17)21)11-22-13-6-7-15(26-2)16(10-13)27-3/h5-11,22H,4H2,1-3H3/b18-11+. The van der Waals surface area contributed by atoms with Crippen LogP contribution < -0.4 is 14.8 Å². The fourth-order valence-corrected chi connectivity index (χ4v) is 3.63. The quantitative estimate of drug-likeness (QED) is 0.393. The molecule has 0 bridgehead atoms. The Hall–Kier alpha value is -3.14. The highest BCUT2D eigenvalue weighted by Crippen LogP contribution is 2.30. The summed E-state index contributed by atoms with van der Waals surface area (Å²) >= 11 is 0. The van der Waals surface area contributed by atoms with Crippen LogP contribution in [0.15, 0.2) is 52.4 Å². The van der Waals surface area contributed by atoms with Crippen molar-refractivity contribution >= 4 is 21.5 Å². The summed E-state index contributed by atoms with van der Waals surface area (Å²) in [7, 11) is -1.77. The van der Waals surface area contributed by atoms with Gasteiger partial charge in [0.15, 0.2) is 16.4 Å². The number of esters is 1. The molecule has 1 N–H and O–H groups in total. The van der Waals surface area contributed by atoms with Crippen LogP contribution >= 0.6 is 0 Å². The lowest BCUT2D eigenvalue weighted by Crippen LogP contribution is -2.19. The first-order valence-corrected chi connectivity index (χ1v) is 9.78. The number of ether oxygens (including phenoxy) is 3. The van der Waals surface area contributed by atoms with Crippen LogP contribution in [0.25, 0.3) is 0 Å². The van der Waals surface area contributed by atoms with Crippen molar-refractivity contribution < 1.29 is 36.2 Å². The van der Waals surface area contributed by atoms with Crippen LogP contribution in [0, 0.1) is 11.6 Å². The van der Waals surface area contributed by atoms with Crippen LogP contribution in [-0.4, -0.2) is 35.2 Å². The van der Waals surface area contributed by atoms with Gasteiger partial charge in [-0.05, 0) is 31.2 Å². The second-order valence-corrected chi connectivity index (χ2v) is 7.41. The summed E-state index contributed by atoms with van der Waals surface area (Å²) in [5.41, 5.74) is 0.360. The van der Waals surface area contributed by atoms with Crippen LogP contribution in [-0.2, 0) is 19.4 Å². The second-order valence-electron chi connectivity index (χ2n) is 5.52. The van der Waals surface area contributed by atoms with Crippen molar-refractivity contribution in [3.8, 4) is 11.5 Å². The number of carbonyl (C=O) groups is 1. The summed E-state index contributed by atoms with van der Waals surface area (Å²) in [6.07, 6.45) is 0.872. The number of carbonyl (C=O) groups excluding carboxylic acids is 1. The molecule has 0 aliphatic rings. The molecule has 0 aliphatic heterocycles. The van der Waals surface area contributed by atoms with Crippen LogP contribution in [0.3, 0.4) is 0 Å². The zero-order valence-electron chi connectivity index (χ0n) is 15.9. The highest BCUT2D eigenvalue weighted by molar-refractivity contribution is 7.96. The van der Waals surface area contributed by atoms with E-state index in [9.17, 15) is 22.0 Å². The van der Waals surface area contributed by atoms with Gasteiger partial charge in [0.2, 0.25) is 9.84 Å². The average molecular weight is 427 g/mol. The maximum atomic E-state index is 14.1. The molecule has 0 aromatic heterocycles. The molecule has 2 aromatic carbocycles. The van der Waals surface area contributed by atoms with E-state index < -0.39 is 37.2 Å². The van der Waals surface area contributed by atoms with E-state index in [0.29, 0.717) is 23.3 Å². The summed E-state index contributed by atoms with van der Waals surface area (Å²) < 4.78 is 67.9. The van der Waals surface area contributed by atoms with Gasteiger partial charge < -0.3 is 19.5 Å². The summed E-state index contributed by atoms with van der Waals surface area (Å²) in [6, 6.07) is 6.55. The summed E-state index contributed by atoms with van der Waals surface area (Å²) in [5.74, 6) is -2.67. The Balaban J connectivity index is 2.49. The Bertz CT molecular complexity index is 1040. The summed E-state index contributed by atoms with van der Waals surface area (Å²) in [6.45, 7) is 1.39. The third-order valence-electron chi connectivity index (χ3n) is 3.70. The molecule has 0 heterocycles. The minimum atomic E-state index is -4.64. The summed E-state index contributed by atoms with van der Waals surface area (Å²) in [4.78, 5) is 10.5. The Morgan fingerprint density at radius 2 is 1.76 bits per heavy atom. The number of benzene rings is 2. The van der Waals surface area contributed by atoms with Gasteiger partial charge in [-0.15, -0.1) is 0 Å². The van der Waals surface area contributed by atoms with Crippen molar-refractivity contribution in [3.63, 3.8) is 0 Å². The molecule has 0 saturated heterocycles. The van der Waals surface area contributed by atoms with Crippen LogP contribution in [0.4, 0.5) is 14.5 Å². The predicted octanol–water partition coefficient (Wildman–Crippen LogP) is 3.27. The van der Waals surface area contributed by atoms with Crippen molar-refractivity contribution in [1.29, 1.82) is 0 Å². The molecular weight excluding hydrogens is 408 g/mol. The molecule has 7 nitrogen and oxygen atoms in total. The molecule has 2 aromatic rings. The molecule has 0 aliphatic carbocycles. The first-order chi connectivity index (χ1) is 13.7. The van der Waals surface area contributed by atoms with E-state index in [4.69, 9.17) is 14.2 Å². The number of anilines is 1. The molecule has 0 saturated carbocycles. The maximum absolute atomic E-state index is 14.1. The Labute approximate surface area is 166 Å². The molecule has 0 radical (unpaired) electrons. The molecule has 0 spiro atoms. The van der Waals surface area contributed by atoms with Crippen molar-refractivity contribution in [2.24, 2.45) is 0 Å².